The molecule has 0 aromatic carbocycles. The van der Waals surface area contributed by atoms with Crippen LogP contribution in [0, 0.1) is 5.92 Å². The Bertz CT molecular complexity index is 412. The maximum absolute atomic E-state index is 12.7. The van der Waals surface area contributed by atoms with Crippen molar-refractivity contribution < 1.29 is 18.3 Å². The van der Waals surface area contributed by atoms with Crippen LogP contribution in [-0.2, 0) is 0 Å². The van der Waals surface area contributed by atoms with Gasteiger partial charge < -0.3 is 20.2 Å². The Labute approximate surface area is 116 Å². The van der Waals surface area contributed by atoms with Gasteiger partial charge in [0.05, 0.1) is 24.9 Å². The lowest BCUT2D eigenvalue weighted by Gasteiger charge is -2.33. The summed E-state index contributed by atoms with van der Waals surface area (Å²) in [5.41, 5.74) is 0.729. The number of nitrogens with one attached hydrogen (secondary N) is 1. The first-order chi connectivity index (χ1) is 8.84. The Morgan fingerprint density at radius 3 is 2.89 bits per heavy atom. The van der Waals surface area contributed by atoms with Gasteiger partial charge in [-0.05, 0) is 15.9 Å². The van der Waals surface area contributed by atoms with Crippen LogP contribution in [0.15, 0.2) is 16.9 Å². The minimum atomic E-state index is -4.42. The van der Waals surface area contributed by atoms with Crippen molar-refractivity contribution in [1.29, 1.82) is 0 Å². The summed E-state index contributed by atoms with van der Waals surface area (Å²) in [6, 6.07) is 0. The fourth-order valence-electron chi connectivity index (χ4n) is 1.95. The Morgan fingerprint density at radius 2 is 2.32 bits per heavy atom. The largest absolute Gasteiger partial charge is 0.396 e. The summed E-state index contributed by atoms with van der Waals surface area (Å²) in [7, 11) is 1.79. The monoisotopic (exact) mass is 342 g/mol. The highest BCUT2D eigenvalue weighted by molar-refractivity contribution is 9.09. The van der Waals surface area contributed by atoms with Crippen molar-refractivity contribution in [2.45, 2.75) is 11.3 Å². The van der Waals surface area contributed by atoms with E-state index in [0.717, 1.165) is 5.70 Å². The van der Waals surface area contributed by atoms with Crippen LogP contribution in [0.1, 0.15) is 0 Å². The number of rotatable bonds is 3. The fraction of sp³-hybridized carbons (Fsp3) is 0.700. The van der Waals surface area contributed by atoms with E-state index < -0.39 is 18.7 Å². The van der Waals surface area contributed by atoms with Gasteiger partial charge in [-0.1, -0.05) is 0 Å². The van der Waals surface area contributed by atoms with Gasteiger partial charge in [-0.3, -0.25) is 0 Å². The summed E-state index contributed by atoms with van der Waals surface area (Å²) < 4.78 is 38.1. The van der Waals surface area contributed by atoms with Crippen molar-refractivity contribution in [3.63, 3.8) is 0 Å². The van der Waals surface area contributed by atoms with Crippen molar-refractivity contribution in [1.82, 2.24) is 15.1 Å². The molecule has 0 saturated heterocycles. The molecule has 0 aromatic rings. The summed E-state index contributed by atoms with van der Waals surface area (Å²) in [5, 5.41) is 11.5. The van der Waals surface area contributed by atoms with Gasteiger partial charge in [-0.15, -0.1) is 0 Å². The molecule has 2 aliphatic heterocycles. The maximum atomic E-state index is 12.7. The van der Waals surface area contributed by atoms with Gasteiger partial charge in [0.2, 0.25) is 0 Å². The van der Waals surface area contributed by atoms with E-state index >= 15 is 0 Å². The number of fused-ring (bicyclic) bond motifs is 1. The zero-order chi connectivity index (χ0) is 14.2. The first-order valence-electron chi connectivity index (χ1n) is 5.65. The van der Waals surface area contributed by atoms with Crippen LogP contribution < -0.4 is 5.32 Å². The maximum Gasteiger partial charge on any atom is 0.395 e. The molecule has 2 aliphatic rings. The second kappa shape index (κ2) is 5.20. The molecule has 5 nitrogen and oxygen atoms in total. The normalized spacial score (nSPS) is 24.6. The molecule has 0 bridgehead atoms. The number of hydrogen-bond acceptors (Lipinski definition) is 5. The number of aliphatic hydroxyl groups is 1. The summed E-state index contributed by atoms with van der Waals surface area (Å²) >= 11 is 3.32. The molecule has 0 saturated carbocycles. The van der Waals surface area contributed by atoms with E-state index in [9.17, 15) is 13.2 Å². The molecular weight excluding hydrogens is 329 g/mol. The van der Waals surface area contributed by atoms with E-state index in [4.69, 9.17) is 5.11 Å². The molecule has 2 unspecified atom stereocenters. The second-order valence-corrected chi connectivity index (χ2v) is 5.23. The molecule has 19 heavy (non-hydrogen) atoms. The molecular formula is C10H14BrF3N4O. The summed E-state index contributed by atoms with van der Waals surface area (Å²) in [5.74, 6) is -1.28. The number of aliphatic hydroxyl groups excluding tert-OH is 1. The lowest BCUT2D eigenvalue weighted by Crippen LogP contribution is -2.48. The predicted octanol–water partition coefficient (Wildman–Crippen LogP) is 0.884. The molecule has 2 N–H and O–H groups in total. The molecule has 0 fully saturated rings. The topological polar surface area (TPSA) is 51.1 Å². The number of alkyl halides is 4. The first kappa shape index (κ1) is 14.4. The summed E-state index contributed by atoms with van der Waals surface area (Å²) in [4.78, 5) is 7.56. The number of likely N-dealkylation sites (N-methyl/N-ethyl adjacent to an activating group) is 1. The van der Waals surface area contributed by atoms with Gasteiger partial charge >= 0.3 is 6.18 Å². The molecule has 108 valence electrons. The Hall–Kier alpha value is -0.960. The number of aliphatic imine (C=N–C) groups is 1. The molecule has 9 heteroatoms. The van der Waals surface area contributed by atoms with Crippen LogP contribution >= 0.6 is 15.9 Å². The lowest BCUT2D eigenvalue weighted by molar-refractivity contribution is -0.186. The molecule has 0 aliphatic carbocycles. The number of nitrogens with zero attached hydrogens (tertiary/aromatic N) is 3. The molecule has 2 rings (SSSR count). The third-order valence-electron chi connectivity index (χ3n) is 3.10. The van der Waals surface area contributed by atoms with Gasteiger partial charge in [-0.2, -0.15) is 13.2 Å². The van der Waals surface area contributed by atoms with Gasteiger partial charge in [0.25, 0.3) is 0 Å². The molecule has 2 atom stereocenters. The fourth-order valence-corrected chi connectivity index (χ4v) is 2.36. The minimum Gasteiger partial charge on any atom is -0.396 e. The van der Waals surface area contributed by atoms with Crippen molar-refractivity contribution in [3.8, 4) is 0 Å². The van der Waals surface area contributed by atoms with Crippen LogP contribution in [0.4, 0.5) is 13.2 Å². The van der Waals surface area contributed by atoms with Crippen LogP contribution in [-0.4, -0.2) is 58.9 Å². The Balaban J connectivity index is 2.14. The van der Waals surface area contributed by atoms with Gasteiger partial charge in [-0.25, -0.2) is 4.99 Å². The van der Waals surface area contributed by atoms with Crippen LogP contribution in [0.2, 0.25) is 0 Å². The Kier molecular flexibility index (Phi) is 3.95. The number of hydrogen-bond donors (Lipinski definition) is 2. The zero-order valence-electron chi connectivity index (χ0n) is 10.2. The van der Waals surface area contributed by atoms with Crippen molar-refractivity contribution in [2.75, 3.05) is 26.9 Å². The summed E-state index contributed by atoms with van der Waals surface area (Å²) in [6.07, 6.45) is -2.70. The predicted molar refractivity (Wildman–Crippen MR) is 67.3 cm³/mol. The minimum absolute atomic E-state index is 0.239. The molecule has 0 amide bonds. The first-order valence-corrected chi connectivity index (χ1v) is 6.57. The lowest BCUT2D eigenvalue weighted by atomic mass is 10.1. The molecule has 0 spiro atoms. The quantitative estimate of drug-likeness (QED) is 0.590. The molecule has 0 radical (unpaired) electrons. The number of amidine groups is 1. The SMILES string of the molecule is CN1C2=CNCN(CC(CO)C(F)(F)F)C2=NC1Br. The smallest absolute Gasteiger partial charge is 0.395 e. The third-order valence-corrected chi connectivity index (χ3v) is 3.92. The highest BCUT2D eigenvalue weighted by atomic mass is 79.9. The zero-order valence-corrected chi connectivity index (χ0v) is 11.7. The standard InChI is InChI=1S/C10H14BrF3N4O/c1-17-7-2-15-5-18(8(7)16-9(17)11)3-6(4-19)10(12,13)14/h2,6,9,15,19H,3-5H2,1H3. The second-order valence-electron chi connectivity index (χ2n) is 4.41. The van der Waals surface area contributed by atoms with Gasteiger partial charge in [0, 0.05) is 19.8 Å². The van der Waals surface area contributed by atoms with Crippen molar-refractivity contribution >= 4 is 21.8 Å². The Morgan fingerprint density at radius 1 is 1.63 bits per heavy atom. The van der Waals surface area contributed by atoms with Crippen molar-refractivity contribution in [2.24, 2.45) is 10.9 Å². The van der Waals surface area contributed by atoms with E-state index in [1.807, 2.05) is 0 Å². The van der Waals surface area contributed by atoms with Crippen LogP contribution in [0.25, 0.3) is 0 Å². The highest BCUT2D eigenvalue weighted by Crippen LogP contribution is 2.30. The average Bonchev–Trinajstić information content (AvgIpc) is 2.62. The van der Waals surface area contributed by atoms with Crippen molar-refractivity contribution in [3.05, 3.63) is 11.9 Å². The van der Waals surface area contributed by atoms with E-state index in [2.05, 4.69) is 26.2 Å². The van der Waals surface area contributed by atoms with Gasteiger partial charge in [0.1, 0.15) is 0 Å². The van der Waals surface area contributed by atoms with E-state index in [1.54, 1.807) is 18.1 Å². The molecule has 0 aromatic heterocycles. The molecule has 2 heterocycles. The number of halogens is 4. The van der Waals surface area contributed by atoms with E-state index in [0.29, 0.717) is 5.84 Å². The van der Waals surface area contributed by atoms with Gasteiger partial charge in [0.15, 0.2) is 10.9 Å². The van der Waals surface area contributed by atoms with E-state index in [1.165, 1.54) is 4.90 Å². The summed E-state index contributed by atoms with van der Waals surface area (Å²) in [6.45, 7) is -1.01. The van der Waals surface area contributed by atoms with Crippen LogP contribution in [0.5, 0.6) is 0 Å². The average molecular weight is 343 g/mol. The van der Waals surface area contributed by atoms with E-state index in [-0.39, 0.29) is 18.3 Å². The van der Waals surface area contributed by atoms with Crippen LogP contribution in [0.3, 0.4) is 0 Å². The third kappa shape index (κ3) is 2.81. The highest BCUT2D eigenvalue weighted by Gasteiger charge is 2.42.